The van der Waals surface area contributed by atoms with Crippen molar-refractivity contribution in [3.63, 3.8) is 0 Å². The van der Waals surface area contributed by atoms with E-state index in [1.807, 2.05) is 72.8 Å². The van der Waals surface area contributed by atoms with Gasteiger partial charge in [-0.1, -0.05) is 84.9 Å². The Morgan fingerprint density at radius 1 is 0.900 bits per heavy atom. The van der Waals surface area contributed by atoms with Gasteiger partial charge < -0.3 is 36.5 Å². The molecule has 0 heterocycles. The average molecular weight is 548 g/mol. The molecule has 1 amide bonds. The molecular formula is C31H37N3O6. The van der Waals surface area contributed by atoms with Crippen molar-refractivity contribution in [1.82, 2.24) is 0 Å². The number of aryl methyl sites for hydroxylation is 1. The van der Waals surface area contributed by atoms with Gasteiger partial charge in [-0.2, -0.15) is 0 Å². The SMILES string of the molecule is NCC(OCC(CC(N)c1ccccc1)OC(=O)C1(O)CCc2ccccc21)C(Cc1ccccc1)OC(N)=O. The second kappa shape index (κ2) is 13.5. The van der Waals surface area contributed by atoms with Crippen LogP contribution in [0.4, 0.5) is 4.79 Å². The van der Waals surface area contributed by atoms with Crippen LogP contribution in [-0.4, -0.2) is 48.6 Å². The quantitative estimate of drug-likeness (QED) is 0.238. The highest BCUT2D eigenvalue weighted by Gasteiger charge is 2.46. The van der Waals surface area contributed by atoms with Crippen LogP contribution in [0, 0.1) is 0 Å². The first kappa shape index (κ1) is 29.2. The van der Waals surface area contributed by atoms with Crippen molar-refractivity contribution in [2.24, 2.45) is 17.2 Å². The maximum atomic E-state index is 13.4. The van der Waals surface area contributed by atoms with Gasteiger partial charge in [0.1, 0.15) is 18.3 Å². The first-order valence-corrected chi connectivity index (χ1v) is 13.4. The van der Waals surface area contributed by atoms with Crippen LogP contribution >= 0.6 is 0 Å². The predicted molar refractivity (Wildman–Crippen MR) is 150 cm³/mol. The maximum Gasteiger partial charge on any atom is 0.404 e. The van der Waals surface area contributed by atoms with Gasteiger partial charge in [-0.25, -0.2) is 9.59 Å². The van der Waals surface area contributed by atoms with Gasteiger partial charge in [-0.05, 0) is 35.1 Å². The molecule has 4 rings (SSSR count). The first-order valence-electron chi connectivity index (χ1n) is 13.4. The van der Waals surface area contributed by atoms with Gasteiger partial charge in [0.25, 0.3) is 0 Å². The summed E-state index contributed by atoms with van der Waals surface area (Å²) >= 11 is 0. The van der Waals surface area contributed by atoms with E-state index in [4.69, 9.17) is 31.4 Å². The lowest BCUT2D eigenvalue weighted by Gasteiger charge is -2.30. The third kappa shape index (κ3) is 7.25. The molecule has 0 bridgehead atoms. The van der Waals surface area contributed by atoms with E-state index in [1.165, 1.54) is 0 Å². The molecule has 0 saturated heterocycles. The van der Waals surface area contributed by atoms with E-state index in [-0.39, 0.29) is 26.0 Å². The number of carbonyl (C=O) groups is 2. The van der Waals surface area contributed by atoms with Crippen LogP contribution < -0.4 is 17.2 Å². The highest BCUT2D eigenvalue weighted by atomic mass is 16.6. The Labute approximate surface area is 234 Å². The minimum absolute atomic E-state index is 0.0213. The van der Waals surface area contributed by atoms with Crippen LogP contribution in [0.1, 0.15) is 41.1 Å². The fourth-order valence-electron chi connectivity index (χ4n) is 5.13. The Hall–Kier alpha value is -3.76. The molecule has 212 valence electrons. The molecule has 3 aromatic rings. The summed E-state index contributed by atoms with van der Waals surface area (Å²) in [7, 11) is 0. The number of nitrogens with two attached hydrogens (primary N) is 3. The van der Waals surface area contributed by atoms with Crippen LogP contribution in [0.15, 0.2) is 84.9 Å². The van der Waals surface area contributed by atoms with Crippen molar-refractivity contribution in [2.75, 3.05) is 13.2 Å². The maximum absolute atomic E-state index is 13.4. The summed E-state index contributed by atoms with van der Waals surface area (Å²) in [6.45, 7) is -0.0627. The standard InChI is InChI=1S/C31H37N3O6/c32-19-28(27(40-30(34)36)17-21-9-3-1-4-10-21)38-20-24(18-26(33)23-12-5-2-6-13-23)39-29(35)31(37)16-15-22-11-7-8-14-25(22)31/h1-14,24,26-28,37H,15-20,32-33H2,(H2,34,36). The van der Waals surface area contributed by atoms with Crippen LogP contribution in [0.5, 0.6) is 0 Å². The Balaban J connectivity index is 1.51. The number of amides is 1. The Morgan fingerprint density at radius 2 is 1.55 bits per heavy atom. The molecule has 7 N–H and O–H groups in total. The van der Waals surface area contributed by atoms with Crippen molar-refractivity contribution in [2.45, 2.75) is 55.6 Å². The van der Waals surface area contributed by atoms with E-state index in [9.17, 15) is 14.7 Å². The van der Waals surface area contributed by atoms with Gasteiger partial charge in [0.15, 0.2) is 5.60 Å². The van der Waals surface area contributed by atoms with Gasteiger partial charge in [-0.15, -0.1) is 0 Å². The summed E-state index contributed by atoms with van der Waals surface area (Å²) in [5, 5.41) is 11.3. The second-order valence-corrected chi connectivity index (χ2v) is 10.1. The molecule has 0 spiro atoms. The van der Waals surface area contributed by atoms with Crippen molar-refractivity contribution in [3.8, 4) is 0 Å². The lowest BCUT2D eigenvalue weighted by Crippen LogP contribution is -2.44. The van der Waals surface area contributed by atoms with Crippen LogP contribution in [0.3, 0.4) is 0 Å². The summed E-state index contributed by atoms with van der Waals surface area (Å²) in [6, 6.07) is 25.7. The number of primary amides is 1. The molecule has 0 radical (unpaired) electrons. The molecular weight excluding hydrogens is 510 g/mol. The number of carbonyl (C=O) groups excluding carboxylic acids is 2. The molecule has 0 aliphatic heterocycles. The number of ether oxygens (including phenoxy) is 3. The average Bonchev–Trinajstić information content (AvgIpc) is 3.31. The largest absolute Gasteiger partial charge is 0.457 e. The topological polar surface area (TPSA) is 160 Å². The number of aliphatic hydroxyl groups is 1. The van der Waals surface area contributed by atoms with Gasteiger partial charge in [0.2, 0.25) is 0 Å². The van der Waals surface area contributed by atoms with Crippen molar-refractivity contribution < 1.29 is 28.9 Å². The minimum atomic E-state index is -1.76. The first-order chi connectivity index (χ1) is 19.3. The normalized spacial score (nSPS) is 19.2. The highest BCUT2D eigenvalue weighted by Crippen LogP contribution is 2.38. The summed E-state index contributed by atoms with van der Waals surface area (Å²) in [5.74, 6) is -0.759. The number of hydrogen-bond donors (Lipinski definition) is 4. The van der Waals surface area contributed by atoms with E-state index < -0.39 is 42.0 Å². The predicted octanol–water partition coefficient (Wildman–Crippen LogP) is 2.87. The molecule has 0 fully saturated rings. The van der Waals surface area contributed by atoms with E-state index in [2.05, 4.69) is 0 Å². The zero-order valence-corrected chi connectivity index (χ0v) is 22.4. The van der Waals surface area contributed by atoms with Crippen molar-refractivity contribution >= 4 is 12.1 Å². The van der Waals surface area contributed by atoms with E-state index in [1.54, 1.807) is 12.1 Å². The Morgan fingerprint density at radius 3 is 2.23 bits per heavy atom. The fourth-order valence-corrected chi connectivity index (χ4v) is 5.13. The second-order valence-electron chi connectivity index (χ2n) is 10.1. The summed E-state index contributed by atoms with van der Waals surface area (Å²) < 4.78 is 17.4. The third-order valence-electron chi connectivity index (χ3n) is 7.27. The molecule has 40 heavy (non-hydrogen) atoms. The van der Waals surface area contributed by atoms with Gasteiger partial charge in [0, 0.05) is 25.4 Å². The lowest BCUT2D eigenvalue weighted by atomic mass is 9.96. The third-order valence-corrected chi connectivity index (χ3v) is 7.27. The molecule has 1 aliphatic rings. The van der Waals surface area contributed by atoms with Crippen molar-refractivity contribution in [1.29, 1.82) is 0 Å². The molecule has 5 atom stereocenters. The lowest BCUT2D eigenvalue weighted by molar-refractivity contribution is -0.178. The summed E-state index contributed by atoms with van der Waals surface area (Å²) in [4.78, 5) is 25.1. The molecule has 0 aromatic heterocycles. The van der Waals surface area contributed by atoms with E-state index in [0.717, 1.165) is 16.7 Å². The summed E-state index contributed by atoms with van der Waals surface area (Å²) in [6.07, 6.45) is -1.93. The molecule has 0 saturated carbocycles. The number of benzene rings is 3. The molecule has 3 aromatic carbocycles. The zero-order valence-electron chi connectivity index (χ0n) is 22.4. The molecule has 9 heteroatoms. The van der Waals surface area contributed by atoms with Crippen LogP contribution in [0.2, 0.25) is 0 Å². The number of esters is 1. The molecule has 1 aliphatic carbocycles. The van der Waals surface area contributed by atoms with Gasteiger partial charge in [0.05, 0.1) is 6.61 Å². The zero-order chi connectivity index (χ0) is 28.5. The van der Waals surface area contributed by atoms with Gasteiger partial charge >= 0.3 is 12.1 Å². The Kier molecular flexibility index (Phi) is 9.89. The number of rotatable bonds is 13. The van der Waals surface area contributed by atoms with E-state index >= 15 is 0 Å². The number of hydrogen-bond acceptors (Lipinski definition) is 8. The molecule has 5 unspecified atom stereocenters. The highest BCUT2D eigenvalue weighted by molar-refractivity contribution is 5.83. The molecule has 9 nitrogen and oxygen atoms in total. The smallest absolute Gasteiger partial charge is 0.404 e. The number of fused-ring (bicyclic) bond motifs is 1. The summed E-state index contributed by atoms with van der Waals surface area (Å²) in [5.41, 5.74) is 19.3. The minimum Gasteiger partial charge on any atom is -0.457 e. The Bertz CT molecular complexity index is 1260. The monoisotopic (exact) mass is 547 g/mol. The fraction of sp³-hybridized carbons (Fsp3) is 0.355. The van der Waals surface area contributed by atoms with Crippen LogP contribution in [0.25, 0.3) is 0 Å². The van der Waals surface area contributed by atoms with E-state index in [0.29, 0.717) is 18.4 Å². The van der Waals surface area contributed by atoms with Gasteiger partial charge in [-0.3, -0.25) is 0 Å². The van der Waals surface area contributed by atoms with Crippen molar-refractivity contribution in [3.05, 3.63) is 107 Å². The van der Waals surface area contributed by atoms with Crippen LogP contribution in [-0.2, 0) is 37.4 Å².